The highest BCUT2D eigenvalue weighted by Gasteiger charge is 2.08. The molecule has 1 rings (SSSR count). The maximum Gasteiger partial charge on any atom is 0.129 e. The van der Waals surface area contributed by atoms with Crippen molar-refractivity contribution >= 4 is 17.3 Å². The fourth-order valence-electron chi connectivity index (χ4n) is 0.874. The average Bonchev–Trinajstić information content (AvgIpc) is 2.08. The normalized spacial score (nSPS) is 12.9. The highest BCUT2D eigenvalue weighted by atomic mass is 35.5. The molecular weight excluding hydrogens is 178 g/mol. The summed E-state index contributed by atoms with van der Waals surface area (Å²) in [6, 6.07) is 1.06. The Morgan fingerprint density at radius 3 is 2.92 bits per heavy atom. The van der Waals surface area contributed by atoms with E-state index in [1.807, 2.05) is 0 Å². The number of rotatable bonds is 2. The Balaban J connectivity index is 3.04. The molecule has 0 aliphatic carbocycles. The smallest absolute Gasteiger partial charge is 0.129 e. The zero-order valence-corrected chi connectivity index (χ0v) is 7.12. The largest absolute Gasteiger partial charge is 0.397 e. The number of aromatic nitrogens is 1. The molecule has 1 atom stereocenters. The first-order valence-electron chi connectivity index (χ1n) is 3.42. The van der Waals surface area contributed by atoms with Crippen molar-refractivity contribution < 1.29 is 5.11 Å². The molecule has 0 bridgehead atoms. The van der Waals surface area contributed by atoms with Crippen molar-refractivity contribution in [3.05, 3.63) is 23.0 Å². The molecule has 1 heterocycles. The SMILES string of the molecule is Nc1cnc(Cl)cc1[C@H](N)CO. The topological polar surface area (TPSA) is 85.2 Å². The number of nitrogens with zero attached hydrogens (tertiary/aromatic N) is 1. The molecule has 4 nitrogen and oxygen atoms in total. The number of aliphatic hydroxyl groups is 1. The molecule has 0 aromatic carbocycles. The molecule has 5 N–H and O–H groups in total. The van der Waals surface area contributed by atoms with Gasteiger partial charge in [-0.25, -0.2) is 4.98 Å². The van der Waals surface area contributed by atoms with Gasteiger partial charge in [0.15, 0.2) is 0 Å². The first-order chi connectivity index (χ1) is 5.65. The van der Waals surface area contributed by atoms with Crippen molar-refractivity contribution in [3.8, 4) is 0 Å². The van der Waals surface area contributed by atoms with Gasteiger partial charge in [0.25, 0.3) is 0 Å². The molecule has 0 aliphatic heterocycles. The van der Waals surface area contributed by atoms with Gasteiger partial charge in [-0.05, 0) is 11.6 Å². The van der Waals surface area contributed by atoms with E-state index in [0.29, 0.717) is 16.4 Å². The van der Waals surface area contributed by atoms with Crippen LogP contribution in [0.2, 0.25) is 5.15 Å². The van der Waals surface area contributed by atoms with Gasteiger partial charge in [0.05, 0.1) is 24.5 Å². The molecular formula is C7H10ClN3O. The third kappa shape index (κ3) is 1.85. The van der Waals surface area contributed by atoms with Crippen LogP contribution >= 0.6 is 11.6 Å². The lowest BCUT2D eigenvalue weighted by atomic mass is 10.1. The number of hydrogen-bond acceptors (Lipinski definition) is 4. The van der Waals surface area contributed by atoms with E-state index >= 15 is 0 Å². The lowest BCUT2D eigenvalue weighted by Gasteiger charge is -2.10. The van der Waals surface area contributed by atoms with Crippen LogP contribution in [0.3, 0.4) is 0 Å². The minimum Gasteiger partial charge on any atom is -0.397 e. The lowest BCUT2D eigenvalue weighted by molar-refractivity contribution is 0.268. The van der Waals surface area contributed by atoms with Gasteiger partial charge in [-0.2, -0.15) is 0 Å². The van der Waals surface area contributed by atoms with Crippen LogP contribution in [0.4, 0.5) is 5.69 Å². The van der Waals surface area contributed by atoms with E-state index in [2.05, 4.69) is 4.98 Å². The van der Waals surface area contributed by atoms with E-state index < -0.39 is 6.04 Å². The third-order valence-electron chi connectivity index (χ3n) is 1.53. The minimum atomic E-state index is -0.495. The Bertz CT molecular complexity index is 279. The number of halogens is 1. The van der Waals surface area contributed by atoms with E-state index in [1.54, 1.807) is 6.07 Å². The summed E-state index contributed by atoms with van der Waals surface area (Å²) in [6.45, 7) is -0.162. The minimum absolute atomic E-state index is 0.162. The van der Waals surface area contributed by atoms with E-state index in [9.17, 15) is 0 Å². The Labute approximate surface area is 75.2 Å². The first-order valence-corrected chi connectivity index (χ1v) is 3.80. The molecule has 1 aromatic heterocycles. The number of hydrogen-bond donors (Lipinski definition) is 3. The maximum absolute atomic E-state index is 8.76. The van der Waals surface area contributed by atoms with E-state index in [4.69, 9.17) is 28.2 Å². The lowest BCUT2D eigenvalue weighted by Crippen LogP contribution is -2.16. The van der Waals surface area contributed by atoms with Crippen LogP contribution in [0.15, 0.2) is 12.3 Å². The summed E-state index contributed by atoms with van der Waals surface area (Å²) >= 11 is 5.61. The third-order valence-corrected chi connectivity index (χ3v) is 1.74. The number of nitrogens with two attached hydrogens (primary N) is 2. The van der Waals surface area contributed by atoms with Gasteiger partial charge in [0, 0.05) is 0 Å². The molecule has 0 unspecified atom stereocenters. The molecule has 12 heavy (non-hydrogen) atoms. The Hall–Kier alpha value is -0.840. The van der Waals surface area contributed by atoms with Crippen LogP contribution in [0, 0.1) is 0 Å². The van der Waals surface area contributed by atoms with Crippen molar-refractivity contribution in [3.63, 3.8) is 0 Å². The number of anilines is 1. The highest BCUT2D eigenvalue weighted by molar-refractivity contribution is 6.29. The average molecular weight is 188 g/mol. The Morgan fingerprint density at radius 2 is 2.33 bits per heavy atom. The van der Waals surface area contributed by atoms with Crippen molar-refractivity contribution in [2.24, 2.45) is 5.73 Å². The number of pyridine rings is 1. The van der Waals surface area contributed by atoms with Crippen molar-refractivity contribution in [2.75, 3.05) is 12.3 Å². The second kappa shape index (κ2) is 3.71. The summed E-state index contributed by atoms with van der Waals surface area (Å²) in [4.78, 5) is 3.76. The van der Waals surface area contributed by atoms with Gasteiger partial charge < -0.3 is 16.6 Å². The van der Waals surface area contributed by atoms with Crippen molar-refractivity contribution in [1.82, 2.24) is 4.98 Å². The summed E-state index contributed by atoms with van der Waals surface area (Å²) in [6.07, 6.45) is 1.42. The van der Waals surface area contributed by atoms with E-state index in [-0.39, 0.29) is 6.61 Å². The van der Waals surface area contributed by atoms with Gasteiger partial charge in [0.1, 0.15) is 5.15 Å². The molecule has 0 saturated carbocycles. The van der Waals surface area contributed by atoms with Crippen LogP contribution in [0.5, 0.6) is 0 Å². The molecule has 0 fully saturated rings. The van der Waals surface area contributed by atoms with Gasteiger partial charge >= 0.3 is 0 Å². The fourth-order valence-corrected chi connectivity index (χ4v) is 1.04. The molecule has 0 radical (unpaired) electrons. The van der Waals surface area contributed by atoms with Crippen LogP contribution < -0.4 is 11.5 Å². The van der Waals surface area contributed by atoms with E-state index in [1.165, 1.54) is 6.20 Å². The van der Waals surface area contributed by atoms with Gasteiger partial charge in [-0.3, -0.25) is 0 Å². The van der Waals surface area contributed by atoms with Crippen LogP contribution in [0.25, 0.3) is 0 Å². The molecule has 66 valence electrons. The molecule has 0 spiro atoms. The molecule has 0 aliphatic rings. The van der Waals surface area contributed by atoms with E-state index in [0.717, 1.165) is 0 Å². The molecule has 0 saturated heterocycles. The second-order valence-electron chi connectivity index (χ2n) is 2.43. The number of nitrogen functional groups attached to an aromatic ring is 1. The van der Waals surface area contributed by atoms with Crippen molar-refractivity contribution in [2.45, 2.75) is 6.04 Å². The molecule has 1 aromatic rings. The zero-order chi connectivity index (χ0) is 9.14. The highest BCUT2D eigenvalue weighted by Crippen LogP contribution is 2.20. The second-order valence-corrected chi connectivity index (χ2v) is 2.81. The first kappa shape index (κ1) is 9.25. The molecule has 5 heteroatoms. The predicted molar refractivity (Wildman–Crippen MR) is 47.7 cm³/mol. The zero-order valence-electron chi connectivity index (χ0n) is 6.37. The summed E-state index contributed by atoms with van der Waals surface area (Å²) in [5.41, 5.74) is 12.2. The quantitative estimate of drug-likeness (QED) is 0.582. The van der Waals surface area contributed by atoms with Gasteiger partial charge in [-0.15, -0.1) is 0 Å². The molecule has 0 amide bonds. The Kier molecular flexibility index (Phi) is 2.86. The predicted octanol–water partition coefficient (Wildman–Crippen LogP) is 0.309. The van der Waals surface area contributed by atoms with Crippen LogP contribution in [-0.2, 0) is 0 Å². The Morgan fingerprint density at radius 1 is 1.67 bits per heavy atom. The van der Waals surface area contributed by atoms with Gasteiger partial charge in [0.2, 0.25) is 0 Å². The van der Waals surface area contributed by atoms with Crippen LogP contribution in [-0.4, -0.2) is 16.7 Å². The van der Waals surface area contributed by atoms with Crippen molar-refractivity contribution in [1.29, 1.82) is 0 Å². The summed E-state index contributed by atoms with van der Waals surface area (Å²) in [7, 11) is 0. The summed E-state index contributed by atoms with van der Waals surface area (Å²) < 4.78 is 0. The summed E-state index contributed by atoms with van der Waals surface area (Å²) in [5, 5.41) is 9.08. The number of aliphatic hydroxyl groups excluding tert-OH is 1. The summed E-state index contributed by atoms with van der Waals surface area (Å²) in [5.74, 6) is 0. The van der Waals surface area contributed by atoms with Crippen LogP contribution in [0.1, 0.15) is 11.6 Å². The fraction of sp³-hybridized carbons (Fsp3) is 0.286. The maximum atomic E-state index is 8.76. The standard InChI is InChI=1S/C7H10ClN3O/c8-7-1-4(6(10)3-12)5(9)2-11-7/h1-2,6,12H,3,9-10H2/t6-/m1/s1. The monoisotopic (exact) mass is 187 g/mol. The van der Waals surface area contributed by atoms with Gasteiger partial charge in [-0.1, -0.05) is 11.6 Å².